The Kier molecular flexibility index (Phi) is 6.55. The second-order valence-electron chi connectivity index (χ2n) is 10.7. The number of hydrogen-bond donors (Lipinski definition) is 3. The van der Waals surface area contributed by atoms with Crippen molar-refractivity contribution in [2.75, 3.05) is 5.32 Å². The number of benzene rings is 1. The smallest absolute Gasteiger partial charge is 0.404 e. The molecule has 9 heteroatoms. The summed E-state index contributed by atoms with van der Waals surface area (Å²) < 4.78 is 7.29. The molecule has 1 aliphatic heterocycles. The second-order valence-corrected chi connectivity index (χ2v) is 10.7. The molecule has 2 aromatic rings. The molecule has 1 saturated carbocycles. The van der Waals surface area contributed by atoms with Crippen LogP contribution < -0.4 is 16.4 Å². The number of anilines is 1. The Labute approximate surface area is 199 Å². The van der Waals surface area contributed by atoms with Crippen molar-refractivity contribution in [1.82, 2.24) is 15.1 Å². The summed E-state index contributed by atoms with van der Waals surface area (Å²) in [5.41, 5.74) is 7.84. The van der Waals surface area contributed by atoms with Crippen molar-refractivity contribution in [3.8, 4) is 0 Å². The van der Waals surface area contributed by atoms with Gasteiger partial charge < -0.3 is 15.8 Å². The fraction of sp³-hybridized carbons (Fsp3) is 0.600. The van der Waals surface area contributed by atoms with Gasteiger partial charge in [-0.15, -0.1) is 0 Å². The minimum absolute atomic E-state index is 0.162. The molecule has 1 aromatic carbocycles. The van der Waals surface area contributed by atoms with E-state index in [0.717, 1.165) is 48.0 Å². The maximum atomic E-state index is 12.4. The number of rotatable bonds is 5. The molecule has 1 aromatic heterocycles. The number of nitrogens with zero attached hydrogens (tertiary/aromatic N) is 2. The molecule has 4 N–H and O–H groups in total. The molecule has 9 nitrogen and oxygen atoms in total. The van der Waals surface area contributed by atoms with Crippen molar-refractivity contribution in [1.29, 1.82) is 0 Å². The van der Waals surface area contributed by atoms with E-state index in [2.05, 4.69) is 42.6 Å². The van der Waals surface area contributed by atoms with Crippen molar-refractivity contribution in [2.45, 2.75) is 77.4 Å². The molecule has 1 saturated heterocycles. The molecule has 2 atom stereocenters. The maximum Gasteiger partial charge on any atom is 0.404 e. The first-order valence-corrected chi connectivity index (χ1v) is 12.1. The molecule has 3 amide bonds. The SMILES string of the molecule is Cn1nc([C@H]2CCC(=O)NC2=O)c2ccc(NC3CCC([C@@H](OC(N)=O)C(C)(C)C)CC3)cc21. The van der Waals surface area contributed by atoms with Crippen LogP contribution in [0.25, 0.3) is 10.9 Å². The van der Waals surface area contributed by atoms with E-state index in [1.165, 1.54) is 0 Å². The van der Waals surface area contributed by atoms with Gasteiger partial charge in [0, 0.05) is 30.6 Å². The number of aromatic nitrogens is 2. The van der Waals surface area contributed by atoms with Gasteiger partial charge in [0.15, 0.2) is 0 Å². The molecular weight excluding hydrogens is 434 g/mol. The molecule has 2 fully saturated rings. The summed E-state index contributed by atoms with van der Waals surface area (Å²) in [7, 11) is 1.87. The van der Waals surface area contributed by atoms with Gasteiger partial charge in [0.1, 0.15) is 6.10 Å². The Bertz CT molecular complexity index is 1090. The van der Waals surface area contributed by atoms with Crippen molar-refractivity contribution < 1.29 is 19.1 Å². The van der Waals surface area contributed by atoms with E-state index in [4.69, 9.17) is 10.5 Å². The first-order chi connectivity index (χ1) is 16.0. The van der Waals surface area contributed by atoms with Crippen molar-refractivity contribution >= 4 is 34.5 Å². The van der Waals surface area contributed by atoms with E-state index in [0.29, 0.717) is 24.8 Å². The normalized spacial score (nSPS) is 24.5. The first kappa shape index (κ1) is 24.0. The van der Waals surface area contributed by atoms with Crippen LogP contribution >= 0.6 is 0 Å². The zero-order chi connectivity index (χ0) is 24.6. The predicted molar refractivity (Wildman–Crippen MR) is 129 cm³/mol. The molecule has 2 aliphatic rings. The van der Waals surface area contributed by atoms with Gasteiger partial charge >= 0.3 is 6.09 Å². The molecule has 0 unspecified atom stereocenters. The average Bonchev–Trinajstić information content (AvgIpc) is 3.08. The minimum atomic E-state index is -0.707. The Morgan fingerprint density at radius 2 is 1.91 bits per heavy atom. The summed E-state index contributed by atoms with van der Waals surface area (Å²) in [5, 5.41) is 11.6. The molecule has 0 spiro atoms. The number of hydrogen-bond acceptors (Lipinski definition) is 6. The highest BCUT2D eigenvalue weighted by Gasteiger charge is 2.37. The lowest BCUT2D eigenvalue weighted by atomic mass is 9.73. The molecule has 1 aliphatic carbocycles. The molecule has 184 valence electrons. The van der Waals surface area contributed by atoms with Gasteiger partial charge in [-0.05, 0) is 61.6 Å². The van der Waals surface area contributed by atoms with Gasteiger partial charge in [-0.3, -0.25) is 19.6 Å². The van der Waals surface area contributed by atoms with Gasteiger partial charge in [-0.25, -0.2) is 4.79 Å². The van der Waals surface area contributed by atoms with E-state index in [9.17, 15) is 14.4 Å². The zero-order valence-electron chi connectivity index (χ0n) is 20.4. The second kappa shape index (κ2) is 9.27. The van der Waals surface area contributed by atoms with Crippen LogP contribution in [0.1, 0.15) is 70.9 Å². The fourth-order valence-corrected chi connectivity index (χ4v) is 5.49. The van der Waals surface area contributed by atoms with Crippen molar-refractivity contribution in [2.24, 2.45) is 24.1 Å². The monoisotopic (exact) mass is 469 g/mol. The highest BCUT2D eigenvalue weighted by molar-refractivity contribution is 6.02. The highest BCUT2D eigenvalue weighted by atomic mass is 16.6. The van der Waals surface area contributed by atoms with Gasteiger partial charge in [-0.1, -0.05) is 20.8 Å². The van der Waals surface area contributed by atoms with Crippen LogP contribution in [0.15, 0.2) is 18.2 Å². The molecule has 34 heavy (non-hydrogen) atoms. The van der Waals surface area contributed by atoms with Crippen LogP contribution in [0.4, 0.5) is 10.5 Å². The summed E-state index contributed by atoms with van der Waals surface area (Å²) in [6.07, 6.45) is 3.78. The van der Waals surface area contributed by atoms with Gasteiger partial charge in [0.2, 0.25) is 11.8 Å². The number of aryl methyl sites for hydroxylation is 1. The quantitative estimate of drug-likeness (QED) is 0.574. The number of nitrogens with one attached hydrogen (secondary N) is 2. The number of carbonyl (C=O) groups is 3. The topological polar surface area (TPSA) is 128 Å². The summed E-state index contributed by atoms with van der Waals surface area (Å²) in [6.45, 7) is 6.24. The number of ether oxygens (including phenoxy) is 1. The molecule has 0 bridgehead atoms. The van der Waals surface area contributed by atoms with E-state index < -0.39 is 12.0 Å². The minimum Gasteiger partial charge on any atom is -0.446 e. The van der Waals surface area contributed by atoms with Crippen LogP contribution in [0.2, 0.25) is 0 Å². The fourth-order valence-electron chi connectivity index (χ4n) is 5.49. The van der Waals surface area contributed by atoms with E-state index in [1.54, 1.807) is 4.68 Å². The lowest BCUT2D eigenvalue weighted by molar-refractivity contribution is -0.134. The number of carbonyl (C=O) groups excluding carboxylic acids is 3. The third kappa shape index (κ3) is 5.03. The lowest BCUT2D eigenvalue weighted by Gasteiger charge is -2.39. The van der Waals surface area contributed by atoms with Crippen molar-refractivity contribution in [3.63, 3.8) is 0 Å². The number of imide groups is 1. The molecule has 2 heterocycles. The standard InChI is InChI=1S/C25H35N5O4/c1-25(2,3)22(34-24(26)33)14-5-7-15(8-6-14)27-16-9-10-17-19(13-16)30(4)29-21(17)18-11-12-20(31)28-23(18)32/h9-10,13-15,18,22,27H,5-8,11-12H2,1-4H3,(H2,26,33)(H,28,31,32)/t14?,15?,18-,22-/m1/s1. The number of piperidine rings is 1. The molecule has 4 rings (SSSR count). The Hall–Kier alpha value is -3.10. The molecule has 0 radical (unpaired) electrons. The average molecular weight is 470 g/mol. The molecular formula is C25H35N5O4. The van der Waals surface area contributed by atoms with E-state index in [-0.39, 0.29) is 23.3 Å². The highest BCUT2D eigenvalue weighted by Crippen LogP contribution is 2.38. The van der Waals surface area contributed by atoms with Crippen LogP contribution in [-0.2, 0) is 21.4 Å². The van der Waals surface area contributed by atoms with Gasteiger partial charge in [0.25, 0.3) is 0 Å². The maximum absolute atomic E-state index is 12.4. The van der Waals surface area contributed by atoms with E-state index in [1.807, 2.05) is 19.2 Å². The van der Waals surface area contributed by atoms with E-state index >= 15 is 0 Å². The summed E-state index contributed by atoms with van der Waals surface area (Å²) in [5.74, 6) is -0.614. The Balaban J connectivity index is 1.44. The van der Waals surface area contributed by atoms with Crippen molar-refractivity contribution in [3.05, 3.63) is 23.9 Å². The summed E-state index contributed by atoms with van der Waals surface area (Å²) in [4.78, 5) is 35.3. The summed E-state index contributed by atoms with van der Waals surface area (Å²) >= 11 is 0. The Morgan fingerprint density at radius 3 is 2.53 bits per heavy atom. The zero-order valence-corrected chi connectivity index (χ0v) is 20.4. The van der Waals surface area contributed by atoms with Crippen LogP contribution in [0, 0.1) is 11.3 Å². The van der Waals surface area contributed by atoms with Gasteiger partial charge in [0.05, 0.1) is 17.1 Å². The third-order valence-corrected chi connectivity index (χ3v) is 7.12. The van der Waals surface area contributed by atoms with Crippen LogP contribution in [0.3, 0.4) is 0 Å². The Morgan fingerprint density at radius 1 is 1.21 bits per heavy atom. The predicted octanol–water partition coefficient (Wildman–Crippen LogP) is 3.57. The largest absolute Gasteiger partial charge is 0.446 e. The lowest BCUT2D eigenvalue weighted by Crippen LogP contribution is -2.42. The number of fused-ring (bicyclic) bond motifs is 1. The van der Waals surface area contributed by atoms with Gasteiger partial charge in [-0.2, -0.15) is 5.10 Å². The third-order valence-electron chi connectivity index (χ3n) is 7.12. The summed E-state index contributed by atoms with van der Waals surface area (Å²) in [6, 6.07) is 6.43. The number of primary amides is 1. The van der Waals surface area contributed by atoms with Crippen LogP contribution in [-0.4, -0.2) is 39.8 Å². The number of amides is 3. The number of nitrogens with two attached hydrogens (primary N) is 1. The first-order valence-electron chi connectivity index (χ1n) is 12.1. The van der Waals surface area contributed by atoms with Crippen LogP contribution in [0.5, 0.6) is 0 Å².